The summed E-state index contributed by atoms with van der Waals surface area (Å²) >= 11 is 12.3. The van der Waals surface area contributed by atoms with E-state index in [1.807, 2.05) is 72.8 Å². The molecule has 0 atom stereocenters. The zero-order chi connectivity index (χ0) is 97.2. The number of unbranched alkanes of at least 4 members (excludes halogenated alkanes) is 1. The Balaban J connectivity index is 0.000000162. The molecular formula is C86H84N14O23S12. The molecule has 10 aromatic heterocycles. The Morgan fingerprint density at radius 2 is 0.800 bits per heavy atom. The van der Waals surface area contributed by atoms with Gasteiger partial charge in [-0.05, 0) is 151 Å². The van der Waals surface area contributed by atoms with E-state index in [2.05, 4.69) is 81.4 Å². The van der Waals surface area contributed by atoms with Crippen LogP contribution < -0.4 is 46.8 Å². The molecular weight excluding hydrogens is 1980 g/mol. The highest BCUT2D eigenvalue weighted by Crippen LogP contribution is 2.38. The first kappa shape index (κ1) is 103. The van der Waals surface area contributed by atoms with E-state index in [-0.39, 0.29) is 114 Å². The number of anilines is 6. The first-order chi connectivity index (χ1) is 64.6. The fourth-order valence-electron chi connectivity index (χ4n) is 12.4. The second kappa shape index (κ2) is 48.6. The molecule has 8 N–H and O–H groups in total. The van der Waals surface area contributed by atoms with Gasteiger partial charge in [0.05, 0.1) is 115 Å². The molecule has 12 heterocycles. The highest BCUT2D eigenvalue weighted by molar-refractivity contribution is 7.92. The Hall–Kier alpha value is -12.5. The van der Waals surface area contributed by atoms with Crippen LogP contribution in [0.2, 0.25) is 0 Å². The van der Waals surface area contributed by atoms with Crippen molar-refractivity contribution in [3.63, 3.8) is 0 Å². The molecule has 0 unspecified atom stereocenters. The van der Waals surface area contributed by atoms with Crippen molar-refractivity contribution >= 4 is 283 Å². The number of carbonyl (C=O) groups excluding carboxylic acids is 15. The van der Waals surface area contributed by atoms with Gasteiger partial charge in [-0.15, -0.1) is 102 Å². The lowest BCUT2D eigenvalue weighted by Crippen LogP contribution is -2.34. The quantitative estimate of drug-likeness (QED) is 0.00897. The maximum atomic E-state index is 12.7. The number of hydrogen-bond donors (Lipinski definition) is 8. The van der Waals surface area contributed by atoms with Crippen LogP contribution >= 0.6 is 113 Å². The summed E-state index contributed by atoms with van der Waals surface area (Å²) in [6.07, 6.45) is 4.35. The van der Waals surface area contributed by atoms with Gasteiger partial charge in [0.1, 0.15) is 30.0 Å². The largest absolute Gasteiger partial charge is 0.469 e. The van der Waals surface area contributed by atoms with Crippen LogP contribution in [0.15, 0.2) is 136 Å². The normalized spacial score (nSPS) is 12.0. The maximum absolute atomic E-state index is 12.7. The number of thiazole rings is 4. The van der Waals surface area contributed by atoms with Crippen molar-refractivity contribution in [1.82, 2.24) is 40.2 Å². The monoisotopic (exact) mass is 2060 g/mol. The molecule has 3 aromatic carbocycles. The molecule has 49 heteroatoms. The van der Waals surface area contributed by atoms with Crippen LogP contribution in [-0.4, -0.2) is 190 Å². The highest BCUT2D eigenvalue weighted by Gasteiger charge is 2.33. The number of aryl methyl sites for hydroxylation is 1. The molecule has 135 heavy (non-hydrogen) atoms. The number of rotatable bonds is 30. The van der Waals surface area contributed by atoms with Crippen molar-refractivity contribution in [1.29, 1.82) is 0 Å². The number of nitrogens with one attached hydrogen (secondary N) is 8. The van der Waals surface area contributed by atoms with Gasteiger partial charge in [-0.3, -0.25) is 77.3 Å². The Bertz CT molecular complexity index is 6600. The molecule has 708 valence electrons. The number of imide groups is 2. The Morgan fingerprint density at radius 3 is 1.21 bits per heavy atom. The number of fused-ring (bicyclic) bond motifs is 5. The lowest BCUT2D eigenvalue weighted by atomic mass is 10.1. The van der Waals surface area contributed by atoms with E-state index < -0.39 is 61.8 Å². The SMILES string of the molecule is CCOC(=O)NC(=O)c1ccsc1NC(=O)c1cc2c(s1)CCN(S(C)(=O)=O)C2.CCOC(=O)NC(=O)c1ccsc1NC(=O)c1nc2c(s1)N(S(C)(=O)=O)CCC2.CNC(=O)CCC(=O)c1ccsc1NC(=O)c1nc2ccccc2s1.COC(=O)CCC(=O)c1ccsc1NC(=O)c1nc2ccccc2s1.COC(=O)CCCCC(=O)c1ccsc1NC(=O)c1nc2ccccc2s1. The molecule has 10 amide bonds. The van der Waals surface area contributed by atoms with Crippen molar-refractivity contribution in [2.24, 2.45) is 0 Å². The lowest BCUT2D eigenvalue weighted by molar-refractivity contribution is -0.141. The summed E-state index contributed by atoms with van der Waals surface area (Å²) in [5.74, 6) is -4.72. The fourth-order valence-corrected chi connectivity index (χ4v) is 23.2. The Morgan fingerprint density at radius 1 is 0.415 bits per heavy atom. The molecule has 37 nitrogen and oxygen atoms in total. The molecule has 15 rings (SSSR count). The number of esters is 2. The van der Waals surface area contributed by atoms with Gasteiger partial charge in [-0.1, -0.05) is 47.7 Å². The van der Waals surface area contributed by atoms with Crippen molar-refractivity contribution < 1.29 is 108 Å². The van der Waals surface area contributed by atoms with Gasteiger partial charge in [0.2, 0.25) is 26.0 Å². The standard InChI is InChI=1S/C19H18N2O4S2.C17H19N3O6S3.C17H15N3O3S2.C17H14N2O4S2.C16H18N4O6S3/c1-25-16(23)9-5-3-7-14(22)12-10-11-26-18(12)21-17(24)19-20-13-6-2-4-8-15(13)27-19;1-3-26-17(23)19-14(21)11-5-7-27-16(11)18-15(22)13-8-10-9-20(29(2,24)25)6-4-12(10)28-13;1-18-14(22)7-6-12(21)10-8-9-24-16(10)20-15(23)17-19-11-4-2-3-5-13(11)25-17;1-23-14(21)7-6-12(20)10-8-9-24-16(10)19-15(22)17-18-11-4-2-3-5-13(11)25-17;1-3-26-16(23)19-11(21)9-6-8-27-13(9)18-12(22)14-17-10-5-4-7-20(15(10)28-14)29(2,24)25/h2,4,6,8,10-11H,3,5,7,9H2,1H3,(H,21,24);5,7-8H,3-4,6,9H2,1-2H3,(H,18,22)(H,19,21,23);2-5,8-9H,6-7H2,1H3,(H,18,22)(H,20,23);2-5,8-9H,6-7H2,1H3,(H,19,22);6,8H,3-5,7H2,1-2H3,(H,18,22)(H,19,21,23). The number of hydrogen-bond acceptors (Lipinski definition) is 37. The number of ketones is 3. The zero-order valence-corrected chi connectivity index (χ0v) is 82.4. The number of benzene rings is 3. The van der Waals surface area contributed by atoms with Gasteiger partial charge in [-0.2, -0.15) is 4.31 Å². The number of ether oxygens (including phenoxy) is 4. The predicted octanol–water partition coefficient (Wildman–Crippen LogP) is 15.9. The Labute approximate surface area is 810 Å². The minimum absolute atomic E-state index is 0.0104. The molecule has 0 saturated carbocycles. The Kier molecular flexibility index (Phi) is 37.1. The van der Waals surface area contributed by atoms with Crippen LogP contribution in [0.1, 0.15) is 188 Å². The van der Waals surface area contributed by atoms with Crippen molar-refractivity contribution in [3.8, 4) is 0 Å². The van der Waals surface area contributed by atoms with Crippen LogP contribution in [-0.2, 0) is 72.8 Å². The predicted molar refractivity (Wildman–Crippen MR) is 523 cm³/mol. The van der Waals surface area contributed by atoms with Gasteiger partial charge in [0.25, 0.3) is 41.4 Å². The minimum Gasteiger partial charge on any atom is -0.469 e. The topological polar surface area (TPSA) is 516 Å². The van der Waals surface area contributed by atoms with Crippen LogP contribution in [0.5, 0.6) is 0 Å². The molecule has 0 radical (unpaired) electrons. The van der Waals surface area contributed by atoms with E-state index in [4.69, 9.17) is 0 Å². The summed E-state index contributed by atoms with van der Waals surface area (Å²) in [6, 6.07) is 32.2. The van der Waals surface area contributed by atoms with Crippen LogP contribution in [0, 0.1) is 0 Å². The molecule has 0 bridgehead atoms. The summed E-state index contributed by atoms with van der Waals surface area (Å²) < 4.78 is 71.3. The van der Waals surface area contributed by atoms with Gasteiger partial charge in [0, 0.05) is 63.7 Å². The number of sulfonamides is 2. The van der Waals surface area contributed by atoms with E-state index in [1.54, 1.807) is 65.0 Å². The molecule has 2 aliphatic heterocycles. The van der Waals surface area contributed by atoms with Crippen LogP contribution in [0.4, 0.5) is 39.6 Å². The number of aromatic nitrogens is 4. The summed E-state index contributed by atoms with van der Waals surface area (Å²) in [4.78, 5) is 199. The third kappa shape index (κ3) is 28.5. The second-order valence-corrected chi connectivity index (χ2v) is 42.0. The van der Waals surface area contributed by atoms with Crippen LogP contribution in [0.3, 0.4) is 0 Å². The van der Waals surface area contributed by atoms with Crippen LogP contribution in [0.25, 0.3) is 30.6 Å². The third-order valence-corrected chi connectivity index (χ3v) is 31.1. The molecule has 0 fully saturated rings. The number of thiophene rings is 6. The molecule has 0 aliphatic carbocycles. The summed E-state index contributed by atoms with van der Waals surface area (Å²) in [7, 11) is -2.60. The number of Topliss-reactive ketones (excluding diaryl/α,β-unsaturated/α-hetero) is 3. The van der Waals surface area contributed by atoms with Crippen molar-refractivity contribution in [2.45, 2.75) is 91.0 Å². The zero-order valence-electron chi connectivity index (χ0n) is 72.6. The van der Waals surface area contributed by atoms with Gasteiger partial charge in [0.15, 0.2) is 37.4 Å². The van der Waals surface area contributed by atoms with E-state index in [0.29, 0.717) is 125 Å². The lowest BCUT2D eigenvalue weighted by Gasteiger charge is -2.24. The van der Waals surface area contributed by atoms with Gasteiger partial charge < -0.3 is 50.8 Å². The average molecular weight is 2070 g/mol. The first-order valence-corrected chi connectivity index (χ1v) is 52.8. The van der Waals surface area contributed by atoms with E-state index in [0.717, 1.165) is 87.6 Å². The molecule has 0 saturated heterocycles. The molecule has 13 aromatic rings. The number of methoxy groups -OCH3 is 2. The molecule has 2 aliphatic rings. The van der Waals surface area contributed by atoms with Gasteiger partial charge in [-0.25, -0.2) is 46.4 Å². The molecule has 0 spiro atoms. The van der Waals surface area contributed by atoms with E-state index in [1.165, 1.54) is 121 Å². The maximum Gasteiger partial charge on any atom is 0.414 e. The summed E-state index contributed by atoms with van der Waals surface area (Å²) in [5.41, 5.74) is 5.24. The highest BCUT2D eigenvalue weighted by atomic mass is 32.2. The van der Waals surface area contributed by atoms with E-state index in [9.17, 15) is 88.8 Å². The van der Waals surface area contributed by atoms with Crippen molar-refractivity contribution in [3.05, 3.63) is 205 Å². The van der Waals surface area contributed by atoms with E-state index >= 15 is 0 Å². The first-order valence-electron chi connectivity index (χ1n) is 40.6. The number of amides is 10. The summed E-state index contributed by atoms with van der Waals surface area (Å²) in [6.45, 7) is 4.45. The van der Waals surface area contributed by atoms with Gasteiger partial charge >= 0.3 is 24.1 Å². The number of carbonyl (C=O) groups is 15. The third-order valence-electron chi connectivity index (χ3n) is 19.0. The second-order valence-electron chi connectivity index (χ2n) is 28.3. The fraction of sp³-hybridized carbons (Fsp3) is 0.267. The number of nitrogens with zero attached hydrogens (tertiary/aromatic N) is 6. The number of para-hydroxylation sites is 3. The average Bonchev–Trinajstić information content (AvgIpc) is 1.72. The minimum atomic E-state index is -3.46. The number of alkyl carbamates (subject to hydrolysis) is 2. The van der Waals surface area contributed by atoms with Crippen molar-refractivity contribution in [2.75, 3.05) is 91.0 Å². The summed E-state index contributed by atoms with van der Waals surface area (Å²) in [5, 5.41) is 32.3. The smallest absolute Gasteiger partial charge is 0.414 e.